The van der Waals surface area contributed by atoms with Gasteiger partial charge in [-0.25, -0.2) is 0 Å². The van der Waals surface area contributed by atoms with Crippen LogP contribution in [0.25, 0.3) is 0 Å². The summed E-state index contributed by atoms with van der Waals surface area (Å²) in [6.45, 7) is 5.95. The molecular weight excluding hydrogens is 212 g/mol. The maximum absolute atomic E-state index is 12.8. The van der Waals surface area contributed by atoms with Gasteiger partial charge in [-0.15, -0.1) is 0 Å². The Morgan fingerprint density at radius 1 is 1.41 bits per heavy atom. The molecule has 1 aliphatic heterocycles. The molecule has 98 valence electrons. The maximum atomic E-state index is 12.8. The molecule has 1 amide bonds. The van der Waals surface area contributed by atoms with Gasteiger partial charge in [0.05, 0.1) is 0 Å². The molecular formula is C14H26N2O. The average Bonchev–Trinajstić information content (AvgIpc) is 2.95. The van der Waals surface area contributed by atoms with E-state index < -0.39 is 0 Å². The number of hydrogen-bond acceptors (Lipinski definition) is 2. The van der Waals surface area contributed by atoms with Gasteiger partial charge in [-0.2, -0.15) is 0 Å². The molecule has 1 saturated heterocycles. The minimum absolute atomic E-state index is 0.0300. The third-order valence-electron chi connectivity index (χ3n) is 4.95. The standard InChI is InChI=1S/C14H26N2O/c1-3-14(6-4-5-7-14)13(17)16-10-12(9-15)8-11(16)2/h11-12H,3-10,15H2,1-2H3. The van der Waals surface area contributed by atoms with Crippen LogP contribution >= 0.6 is 0 Å². The fraction of sp³-hybridized carbons (Fsp3) is 0.929. The van der Waals surface area contributed by atoms with E-state index in [1.807, 2.05) is 0 Å². The van der Waals surface area contributed by atoms with E-state index in [2.05, 4.69) is 18.7 Å². The van der Waals surface area contributed by atoms with E-state index in [4.69, 9.17) is 5.73 Å². The van der Waals surface area contributed by atoms with Gasteiger partial charge < -0.3 is 10.6 Å². The number of nitrogens with two attached hydrogens (primary N) is 1. The number of carbonyl (C=O) groups excluding carboxylic acids is 1. The van der Waals surface area contributed by atoms with Crippen LogP contribution in [0.15, 0.2) is 0 Å². The highest BCUT2D eigenvalue weighted by Gasteiger charge is 2.45. The Labute approximate surface area is 105 Å². The highest BCUT2D eigenvalue weighted by atomic mass is 16.2. The minimum atomic E-state index is -0.0300. The summed E-state index contributed by atoms with van der Waals surface area (Å²) < 4.78 is 0. The summed E-state index contributed by atoms with van der Waals surface area (Å²) in [7, 11) is 0. The number of carbonyl (C=O) groups is 1. The third kappa shape index (κ3) is 2.22. The largest absolute Gasteiger partial charge is 0.339 e. The topological polar surface area (TPSA) is 46.3 Å². The van der Waals surface area contributed by atoms with Crippen LogP contribution in [0.4, 0.5) is 0 Å². The van der Waals surface area contributed by atoms with E-state index in [0.29, 0.717) is 24.4 Å². The van der Waals surface area contributed by atoms with Gasteiger partial charge in [-0.05, 0) is 45.1 Å². The number of nitrogens with zero attached hydrogens (tertiary/aromatic N) is 1. The molecule has 17 heavy (non-hydrogen) atoms. The molecule has 2 atom stereocenters. The lowest BCUT2D eigenvalue weighted by molar-refractivity contribution is -0.142. The Hall–Kier alpha value is -0.570. The van der Waals surface area contributed by atoms with E-state index in [9.17, 15) is 4.79 Å². The summed E-state index contributed by atoms with van der Waals surface area (Å²) >= 11 is 0. The van der Waals surface area contributed by atoms with Gasteiger partial charge in [0.15, 0.2) is 0 Å². The highest BCUT2D eigenvalue weighted by Crippen LogP contribution is 2.43. The lowest BCUT2D eigenvalue weighted by Crippen LogP contribution is -2.44. The summed E-state index contributed by atoms with van der Waals surface area (Å²) in [6, 6.07) is 0.389. The van der Waals surface area contributed by atoms with Crippen molar-refractivity contribution >= 4 is 5.91 Å². The minimum Gasteiger partial charge on any atom is -0.339 e. The Balaban J connectivity index is 2.09. The Morgan fingerprint density at radius 3 is 2.53 bits per heavy atom. The first-order chi connectivity index (χ1) is 8.13. The van der Waals surface area contributed by atoms with Gasteiger partial charge in [0.1, 0.15) is 0 Å². The zero-order chi connectivity index (χ0) is 12.5. The molecule has 0 aromatic carbocycles. The highest BCUT2D eigenvalue weighted by molar-refractivity contribution is 5.83. The lowest BCUT2D eigenvalue weighted by atomic mass is 9.81. The van der Waals surface area contributed by atoms with Crippen LogP contribution in [-0.4, -0.2) is 29.9 Å². The molecule has 2 fully saturated rings. The Kier molecular flexibility index (Phi) is 3.76. The number of rotatable bonds is 3. The molecule has 0 aromatic rings. The van der Waals surface area contributed by atoms with E-state index in [0.717, 1.165) is 32.2 Å². The van der Waals surface area contributed by atoms with Crippen molar-refractivity contribution in [2.45, 2.75) is 58.4 Å². The van der Waals surface area contributed by atoms with Gasteiger partial charge in [0.2, 0.25) is 5.91 Å². The van der Waals surface area contributed by atoms with Crippen molar-refractivity contribution < 1.29 is 4.79 Å². The van der Waals surface area contributed by atoms with E-state index in [-0.39, 0.29) is 5.41 Å². The molecule has 2 unspecified atom stereocenters. The predicted octanol–water partition coefficient (Wildman–Crippen LogP) is 2.15. The van der Waals surface area contributed by atoms with E-state index in [1.54, 1.807) is 0 Å². The molecule has 2 aliphatic rings. The van der Waals surface area contributed by atoms with Crippen molar-refractivity contribution in [3.05, 3.63) is 0 Å². The van der Waals surface area contributed by atoms with Crippen molar-refractivity contribution in [2.24, 2.45) is 17.1 Å². The van der Waals surface area contributed by atoms with Crippen molar-refractivity contribution in [1.82, 2.24) is 4.90 Å². The molecule has 0 aromatic heterocycles. The molecule has 2 rings (SSSR count). The predicted molar refractivity (Wildman–Crippen MR) is 69.5 cm³/mol. The van der Waals surface area contributed by atoms with Crippen molar-refractivity contribution in [3.8, 4) is 0 Å². The molecule has 1 saturated carbocycles. The lowest BCUT2D eigenvalue weighted by Gasteiger charge is -2.33. The second-order valence-electron chi connectivity index (χ2n) is 5.98. The van der Waals surface area contributed by atoms with Crippen LogP contribution in [0.5, 0.6) is 0 Å². The van der Waals surface area contributed by atoms with E-state index >= 15 is 0 Å². The normalized spacial score (nSPS) is 32.1. The first kappa shape index (κ1) is 12.9. The summed E-state index contributed by atoms with van der Waals surface area (Å²) in [5, 5.41) is 0. The van der Waals surface area contributed by atoms with Crippen LogP contribution in [0, 0.1) is 11.3 Å². The Bertz CT molecular complexity index is 284. The average molecular weight is 238 g/mol. The molecule has 0 bridgehead atoms. The van der Waals surface area contributed by atoms with Crippen LogP contribution < -0.4 is 5.73 Å². The first-order valence-electron chi connectivity index (χ1n) is 7.14. The van der Waals surface area contributed by atoms with Gasteiger partial charge in [0, 0.05) is 18.0 Å². The van der Waals surface area contributed by atoms with Crippen LogP contribution in [0.1, 0.15) is 52.4 Å². The second-order valence-corrected chi connectivity index (χ2v) is 5.98. The smallest absolute Gasteiger partial charge is 0.229 e. The zero-order valence-corrected chi connectivity index (χ0v) is 11.2. The number of amides is 1. The molecule has 0 spiro atoms. The van der Waals surface area contributed by atoms with Gasteiger partial charge in [-0.1, -0.05) is 19.8 Å². The summed E-state index contributed by atoms with van der Waals surface area (Å²) in [5.74, 6) is 0.935. The molecule has 2 N–H and O–H groups in total. The fourth-order valence-electron chi connectivity index (χ4n) is 3.67. The first-order valence-corrected chi connectivity index (χ1v) is 7.14. The summed E-state index contributed by atoms with van der Waals surface area (Å²) in [6.07, 6.45) is 6.73. The van der Waals surface area contributed by atoms with Crippen molar-refractivity contribution in [1.29, 1.82) is 0 Å². The molecule has 0 radical (unpaired) electrons. The molecule has 3 nitrogen and oxygen atoms in total. The number of hydrogen-bond donors (Lipinski definition) is 1. The van der Waals surface area contributed by atoms with Gasteiger partial charge in [-0.3, -0.25) is 4.79 Å². The van der Waals surface area contributed by atoms with Crippen molar-refractivity contribution in [2.75, 3.05) is 13.1 Å². The summed E-state index contributed by atoms with van der Waals surface area (Å²) in [4.78, 5) is 14.9. The monoisotopic (exact) mass is 238 g/mol. The molecule has 3 heteroatoms. The van der Waals surface area contributed by atoms with Crippen molar-refractivity contribution in [3.63, 3.8) is 0 Å². The SMILES string of the molecule is CCC1(C(=O)N2CC(CN)CC2C)CCCC1. The van der Waals surface area contributed by atoms with Crippen LogP contribution in [0.2, 0.25) is 0 Å². The number of likely N-dealkylation sites (tertiary alicyclic amines) is 1. The van der Waals surface area contributed by atoms with E-state index in [1.165, 1.54) is 12.8 Å². The molecule has 1 heterocycles. The second kappa shape index (κ2) is 4.97. The van der Waals surface area contributed by atoms with Crippen LogP contribution in [0.3, 0.4) is 0 Å². The fourth-order valence-corrected chi connectivity index (χ4v) is 3.67. The third-order valence-corrected chi connectivity index (χ3v) is 4.95. The van der Waals surface area contributed by atoms with Crippen LogP contribution in [-0.2, 0) is 4.79 Å². The zero-order valence-electron chi connectivity index (χ0n) is 11.2. The van der Waals surface area contributed by atoms with Gasteiger partial charge in [0.25, 0.3) is 0 Å². The Morgan fingerprint density at radius 2 is 2.06 bits per heavy atom. The summed E-state index contributed by atoms with van der Waals surface area (Å²) in [5.41, 5.74) is 5.71. The quantitative estimate of drug-likeness (QED) is 0.819. The van der Waals surface area contributed by atoms with Gasteiger partial charge >= 0.3 is 0 Å². The maximum Gasteiger partial charge on any atom is 0.229 e. The molecule has 1 aliphatic carbocycles.